The van der Waals surface area contributed by atoms with Crippen molar-refractivity contribution in [2.75, 3.05) is 14.2 Å². The van der Waals surface area contributed by atoms with Crippen molar-refractivity contribution in [3.63, 3.8) is 0 Å². The maximum atomic E-state index is 13.1. The lowest BCUT2D eigenvalue weighted by Crippen LogP contribution is -2.69. The van der Waals surface area contributed by atoms with Crippen molar-refractivity contribution in [3.8, 4) is 0 Å². The second-order valence-electron chi connectivity index (χ2n) is 5.90. The van der Waals surface area contributed by atoms with E-state index >= 15 is 0 Å². The molecule has 20 heavy (non-hydrogen) atoms. The van der Waals surface area contributed by atoms with E-state index in [9.17, 15) is 18.4 Å². The lowest BCUT2D eigenvalue weighted by Gasteiger charge is -2.46. The molecule has 0 radical (unpaired) electrons. The standard InChI is InChI=1S/C12H20F2N2O4/c1-10(2,3)20-9(18)15-11(6-12(13,14)7-11)8(17)16(4)19-5/h6-7H2,1-5H3,(H,15,18). The van der Waals surface area contributed by atoms with Crippen LogP contribution in [0.25, 0.3) is 0 Å². The van der Waals surface area contributed by atoms with Crippen LogP contribution in [0.3, 0.4) is 0 Å². The molecule has 116 valence electrons. The molecule has 0 aromatic rings. The molecule has 1 N–H and O–H groups in total. The highest BCUT2D eigenvalue weighted by molar-refractivity contribution is 5.90. The summed E-state index contributed by atoms with van der Waals surface area (Å²) in [5.74, 6) is -3.73. The van der Waals surface area contributed by atoms with Crippen LogP contribution < -0.4 is 5.32 Å². The number of nitrogens with one attached hydrogen (secondary N) is 1. The van der Waals surface area contributed by atoms with Gasteiger partial charge in [-0.15, -0.1) is 0 Å². The summed E-state index contributed by atoms with van der Waals surface area (Å²) < 4.78 is 31.3. The van der Waals surface area contributed by atoms with Gasteiger partial charge in [-0.3, -0.25) is 9.63 Å². The van der Waals surface area contributed by atoms with Crippen molar-refractivity contribution in [2.45, 2.75) is 50.7 Å². The zero-order valence-electron chi connectivity index (χ0n) is 12.3. The van der Waals surface area contributed by atoms with Gasteiger partial charge in [-0.25, -0.2) is 18.6 Å². The minimum Gasteiger partial charge on any atom is -0.444 e. The highest BCUT2D eigenvalue weighted by Gasteiger charge is 2.63. The number of carbonyl (C=O) groups excluding carboxylic acids is 2. The molecule has 8 heteroatoms. The number of hydroxylamine groups is 2. The van der Waals surface area contributed by atoms with Crippen LogP contribution in [-0.4, -0.2) is 48.3 Å². The molecular weight excluding hydrogens is 274 g/mol. The molecule has 1 saturated carbocycles. The SMILES string of the molecule is CON(C)C(=O)C1(NC(=O)OC(C)(C)C)CC(F)(F)C1. The molecular formula is C12H20F2N2O4. The first-order valence-electron chi connectivity index (χ1n) is 6.12. The van der Waals surface area contributed by atoms with Crippen LogP contribution in [0, 0.1) is 0 Å². The zero-order chi connectivity index (χ0) is 15.8. The monoisotopic (exact) mass is 294 g/mol. The van der Waals surface area contributed by atoms with Crippen molar-refractivity contribution in [2.24, 2.45) is 0 Å². The van der Waals surface area contributed by atoms with Gasteiger partial charge in [-0.1, -0.05) is 0 Å². The normalized spacial score (nSPS) is 19.8. The van der Waals surface area contributed by atoms with E-state index in [1.807, 2.05) is 0 Å². The molecule has 0 spiro atoms. The third-order valence-corrected chi connectivity index (χ3v) is 2.83. The second kappa shape index (κ2) is 5.16. The number of nitrogens with zero attached hydrogens (tertiary/aromatic N) is 1. The Kier molecular flexibility index (Phi) is 4.28. The molecule has 0 atom stereocenters. The molecule has 0 aromatic heterocycles. The number of ether oxygens (including phenoxy) is 1. The van der Waals surface area contributed by atoms with Crippen LogP contribution in [0.1, 0.15) is 33.6 Å². The number of amides is 2. The average Bonchev–Trinajstić information content (AvgIpc) is 2.21. The van der Waals surface area contributed by atoms with Gasteiger partial charge in [0.25, 0.3) is 11.8 Å². The first-order chi connectivity index (χ1) is 8.91. The minimum absolute atomic E-state index is 0.739. The van der Waals surface area contributed by atoms with Crippen molar-refractivity contribution in [1.29, 1.82) is 0 Å². The predicted octanol–water partition coefficient (Wildman–Crippen LogP) is 1.70. The molecule has 0 unspecified atom stereocenters. The maximum absolute atomic E-state index is 13.1. The Morgan fingerprint density at radius 1 is 1.25 bits per heavy atom. The molecule has 6 nitrogen and oxygen atoms in total. The largest absolute Gasteiger partial charge is 0.444 e. The Labute approximate surface area is 116 Å². The Morgan fingerprint density at radius 2 is 1.75 bits per heavy atom. The molecule has 0 aliphatic heterocycles. The molecule has 0 aromatic carbocycles. The van der Waals surface area contributed by atoms with Gasteiger partial charge in [-0.05, 0) is 20.8 Å². The summed E-state index contributed by atoms with van der Waals surface area (Å²) in [6, 6.07) is 0. The van der Waals surface area contributed by atoms with Crippen LogP contribution >= 0.6 is 0 Å². The van der Waals surface area contributed by atoms with Crippen molar-refractivity contribution >= 4 is 12.0 Å². The summed E-state index contributed by atoms with van der Waals surface area (Å²) in [5, 5.41) is 3.06. The fraction of sp³-hybridized carbons (Fsp3) is 0.833. The Bertz CT molecular complexity index is 399. The quantitative estimate of drug-likeness (QED) is 0.804. The summed E-state index contributed by atoms with van der Waals surface area (Å²) in [5.41, 5.74) is -2.47. The van der Waals surface area contributed by atoms with E-state index < -0.39 is 41.9 Å². The Morgan fingerprint density at radius 3 is 2.10 bits per heavy atom. The highest BCUT2D eigenvalue weighted by Crippen LogP contribution is 2.46. The molecule has 0 saturated heterocycles. The maximum Gasteiger partial charge on any atom is 0.408 e. The lowest BCUT2D eigenvalue weighted by atomic mass is 9.72. The second-order valence-corrected chi connectivity index (χ2v) is 5.90. The van der Waals surface area contributed by atoms with Gasteiger partial charge in [0.15, 0.2) is 0 Å². The van der Waals surface area contributed by atoms with Gasteiger partial charge in [-0.2, -0.15) is 0 Å². The van der Waals surface area contributed by atoms with E-state index in [0.717, 1.165) is 5.06 Å². The minimum atomic E-state index is -2.99. The van der Waals surface area contributed by atoms with Gasteiger partial charge in [0.2, 0.25) is 0 Å². The van der Waals surface area contributed by atoms with Gasteiger partial charge >= 0.3 is 6.09 Å². The number of halogens is 2. The van der Waals surface area contributed by atoms with E-state index in [0.29, 0.717) is 0 Å². The third-order valence-electron chi connectivity index (χ3n) is 2.83. The molecule has 0 bridgehead atoms. The summed E-state index contributed by atoms with van der Waals surface area (Å²) in [6.45, 7) is 4.91. The number of alkyl carbamates (subject to hydrolysis) is 1. The first-order valence-corrected chi connectivity index (χ1v) is 6.12. The van der Waals surface area contributed by atoms with E-state index in [2.05, 4.69) is 5.32 Å². The topological polar surface area (TPSA) is 67.9 Å². The van der Waals surface area contributed by atoms with Crippen LogP contribution in [0.15, 0.2) is 0 Å². The van der Waals surface area contributed by atoms with Crippen LogP contribution in [0.2, 0.25) is 0 Å². The van der Waals surface area contributed by atoms with E-state index in [4.69, 9.17) is 9.57 Å². The molecule has 1 fully saturated rings. The zero-order valence-corrected chi connectivity index (χ0v) is 12.3. The van der Waals surface area contributed by atoms with Crippen LogP contribution in [0.4, 0.5) is 13.6 Å². The van der Waals surface area contributed by atoms with Crippen molar-refractivity contribution < 1.29 is 27.9 Å². The summed E-state index contributed by atoms with van der Waals surface area (Å²) in [7, 11) is 2.52. The number of alkyl halides is 2. The average molecular weight is 294 g/mol. The number of rotatable bonds is 3. The van der Waals surface area contributed by atoms with Crippen molar-refractivity contribution in [3.05, 3.63) is 0 Å². The summed E-state index contributed by atoms with van der Waals surface area (Å²) >= 11 is 0. The Balaban J connectivity index is 2.82. The van der Waals surface area contributed by atoms with Crippen LogP contribution in [0.5, 0.6) is 0 Å². The van der Waals surface area contributed by atoms with Crippen LogP contribution in [-0.2, 0) is 14.4 Å². The van der Waals surface area contributed by atoms with Gasteiger partial charge in [0.1, 0.15) is 11.1 Å². The molecule has 0 heterocycles. The van der Waals surface area contributed by atoms with Gasteiger partial charge in [0.05, 0.1) is 7.11 Å². The summed E-state index contributed by atoms with van der Waals surface area (Å²) in [6.07, 6.45) is -2.46. The third kappa shape index (κ3) is 3.78. The van der Waals surface area contributed by atoms with Crippen molar-refractivity contribution in [1.82, 2.24) is 10.4 Å². The van der Waals surface area contributed by atoms with Gasteiger partial charge in [0, 0.05) is 19.9 Å². The smallest absolute Gasteiger partial charge is 0.408 e. The summed E-state index contributed by atoms with van der Waals surface area (Å²) in [4.78, 5) is 28.5. The fourth-order valence-corrected chi connectivity index (χ4v) is 2.01. The highest BCUT2D eigenvalue weighted by atomic mass is 19.3. The van der Waals surface area contributed by atoms with E-state index in [-0.39, 0.29) is 0 Å². The lowest BCUT2D eigenvalue weighted by molar-refractivity contribution is -0.199. The number of hydrogen-bond donors (Lipinski definition) is 1. The Hall–Kier alpha value is -1.44. The first kappa shape index (κ1) is 16.6. The number of carbonyl (C=O) groups is 2. The molecule has 1 aliphatic rings. The predicted molar refractivity (Wildman–Crippen MR) is 66.1 cm³/mol. The molecule has 1 rings (SSSR count). The molecule has 2 amide bonds. The molecule has 1 aliphatic carbocycles. The fourth-order valence-electron chi connectivity index (χ4n) is 2.01. The number of likely N-dealkylation sites (N-methyl/N-ethyl adjacent to an activating group) is 1. The van der Waals surface area contributed by atoms with E-state index in [1.54, 1.807) is 20.8 Å². The number of hydrogen-bond acceptors (Lipinski definition) is 4. The van der Waals surface area contributed by atoms with Gasteiger partial charge < -0.3 is 10.1 Å². The van der Waals surface area contributed by atoms with E-state index in [1.165, 1.54) is 14.2 Å².